The zero-order valence-electron chi connectivity index (χ0n) is 12.6. The Morgan fingerprint density at radius 3 is 2.86 bits per heavy atom. The number of hydrogen-bond donors (Lipinski definition) is 1. The van der Waals surface area contributed by atoms with Gasteiger partial charge in [-0.05, 0) is 19.1 Å². The molecule has 2 heterocycles. The minimum absolute atomic E-state index is 0.0192. The number of nitrogens with zero attached hydrogens (tertiary/aromatic N) is 2. The van der Waals surface area contributed by atoms with Crippen LogP contribution in [0.15, 0.2) is 22.1 Å². The van der Waals surface area contributed by atoms with Crippen molar-refractivity contribution in [3.05, 3.63) is 22.1 Å². The maximum absolute atomic E-state index is 12.1. The Labute approximate surface area is 144 Å². The number of thiocarbonyl (C=S) groups is 1. The molecule has 8 heteroatoms. The van der Waals surface area contributed by atoms with Gasteiger partial charge in [0.25, 0.3) is 5.91 Å². The number of nitrogens with one attached hydrogen (secondary N) is 1. The van der Waals surface area contributed by atoms with Crippen LogP contribution in [0.2, 0.25) is 0 Å². The Morgan fingerprint density at radius 2 is 2.23 bits per heavy atom. The molecule has 0 radical (unpaired) electrons. The first-order valence-corrected chi connectivity index (χ1v) is 9.31. The number of amides is 2. The molecule has 2 fully saturated rings. The molecule has 0 spiro atoms. The van der Waals surface area contributed by atoms with E-state index in [1.54, 1.807) is 23.7 Å². The van der Waals surface area contributed by atoms with E-state index in [1.807, 2.05) is 19.1 Å². The van der Waals surface area contributed by atoms with Crippen LogP contribution >= 0.6 is 35.7 Å². The number of allylic oxidation sites excluding steroid dienone is 2. The van der Waals surface area contributed by atoms with E-state index in [9.17, 15) is 9.59 Å². The third kappa shape index (κ3) is 4.05. The predicted molar refractivity (Wildman–Crippen MR) is 96.5 cm³/mol. The third-order valence-corrected chi connectivity index (χ3v) is 5.85. The van der Waals surface area contributed by atoms with E-state index < -0.39 is 0 Å². The Morgan fingerprint density at radius 1 is 1.45 bits per heavy atom. The number of carbonyl (C=O) groups is 2. The first-order chi connectivity index (χ1) is 10.6. The Kier molecular flexibility index (Phi) is 6.34. The second-order valence-electron chi connectivity index (χ2n) is 4.71. The van der Waals surface area contributed by atoms with Crippen LogP contribution in [0.1, 0.15) is 13.3 Å². The predicted octanol–water partition coefficient (Wildman–Crippen LogP) is 1.78. The van der Waals surface area contributed by atoms with Crippen LogP contribution in [-0.2, 0) is 9.59 Å². The lowest BCUT2D eigenvalue weighted by molar-refractivity contribution is -0.122. The van der Waals surface area contributed by atoms with Gasteiger partial charge < -0.3 is 10.2 Å². The van der Waals surface area contributed by atoms with Crippen molar-refractivity contribution in [3.8, 4) is 0 Å². The van der Waals surface area contributed by atoms with Gasteiger partial charge in [-0.15, -0.1) is 11.8 Å². The molecule has 2 aliphatic rings. The molecule has 2 amide bonds. The van der Waals surface area contributed by atoms with Crippen LogP contribution in [0.5, 0.6) is 0 Å². The normalized spacial score (nSPS) is 22.3. The fourth-order valence-electron chi connectivity index (χ4n) is 2.13. The van der Waals surface area contributed by atoms with E-state index in [2.05, 4.69) is 10.2 Å². The summed E-state index contributed by atoms with van der Waals surface area (Å²) in [5.41, 5.74) is 0. The van der Waals surface area contributed by atoms with E-state index >= 15 is 0 Å². The van der Waals surface area contributed by atoms with Crippen LogP contribution in [0.25, 0.3) is 0 Å². The molecule has 0 bridgehead atoms. The van der Waals surface area contributed by atoms with Crippen molar-refractivity contribution in [3.63, 3.8) is 0 Å². The second-order valence-corrected chi connectivity index (χ2v) is 7.50. The summed E-state index contributed by atoms with van der Waals surface area (Å²) in [7, 11) is 1.65. The quantitative estimate of drug-likeness (QED) is 0.598. The summed E-state index contributed by atoms with van der Waals surface area (Å²) < 4.78 is 0.618. The van der Waals surface area contributed by atoms with E-state index in [0.717, 1.165) is 17.3 Å². The molecule has 0 unspecified atom stereocenters. The zero-order valence-corrected chi connectivity index (χ0v) is 15.1. The average Bonchev–Trinajstić information content (AvgIpc) is 3.06. The highest BCUT2D eigenvalue weighted by molar-refractivity contribution is 8.26. The molecule has 0 aromatic heterocycles. The molecule has 22 heavy (non-hydrogen) atoms. The maximum atomic E-state index is 12.1. The number of hydrogen-bond acceptors (Lipinski definition) is 6. The zero-order chi connectivity index (χ0) is 16.1. The van der Waals surface area contributed by atoms with Gasteiger partial charge in [0, 0.05) is 38.9 Å². The number of thioether (sulfide) groups is 2. The average molecular weight is 358 g/mol. The summed E-state index contributed by atoms with van der Waals surface area (Å²) in [6, 6.07) is 0. The van der Waals surface area contributed by atoms with Gasteiger partial charge in [-0.3, -0.25) is 14.5 Å². The Hall–Kier alpha value is -0.990. The van der Waals surface area contributed by atoms with Crippen LogP contribution in [0.3, 0.4) is 0 Å². The molecule has 120 valence electrons. The first kappa shape index (κ1) is 17.4. The molecule has 0 saturated carbocycles. The van der Waals surface area contributed by atoms with Crippen molar-refractivity contribution in [2.45, 2.75) is 13.3 Å². The highest BCUT2D eigenvalue weighted by atomic mass is 32.2. The summed E-state index contributed by atoms with van der Waals surface area (Å²) in [5, 5.41) is 3.73. The Balaban J connectivity index is 2.02. The fourth-order valence-corrected chi connectivity index (χ4v) is 4.51. The van der Waals surface area contributed by atoms with Crippen LogP contribution < -0.4 is 5.32 Å². The molecule has 1 N–H and O–H groups in total. The summed E-state index contributed by atoms with van der Waals surface area (Å²) in [5.74, 6) is 1.03. The van der Waals surface area contributed by atoms with Crippen LogP contribution in [0, 0.1) is 0 Å². The SMILES string of the molecule is CCN1C(=O)C(=CC=C2SCCN2CCC(=O)NC)SC1=S. The van der Waals surface area contributed by atoms with E-state index in [1.165, 1.54) is 11.8 Å². The lowest BCUT2D eigenvalue weighted by Crippen LogP contribution is -2.27. The summed E-state index contributed by atoms with van der Waals surface area (Å²) in [6.45, 7) is 4.14. The second kappa shape index (κ2) is 8.03. The monoisotopic (exact) mass is 357 g/mol. The van der Waals surface area contributed by atoms with Crippen molar-refractivity contribution in [1.29, 1.82) is 0 Å². The molecule has 2 saturated heterocycles. The third-order valence-electron chi connectivity index (χ3n) is 3.38. The number of likely N-dealkylation sites (N-methyl/N-ethyl adjacent to an activating group) is 1. The largest absolute Gasteiger partial charge is 0.365 e. The smallest absolute Gasteiger partial charge is 0.266 e. The molecule has 5 nitrogen and oxygen atoms in total. The highest BCUT2D eigenvalue weighted by Crippen LogP contribution is 2.32. The minimum atomic E-state index is -0.0192. The molecule has 2 aliphatic heterocycles. The lowest BCUT2D eigenvalue weighted by atomic mass is 10.3. The molecule has 0 aromatic carbocycles. The maximum Gasteiger partial charge on any atom is 0.266 e. The van der Waals surface area contributed by atoms with Crippen LogP contribution in [0.4, 0.5) is 0 Å². The van der Waals surface area contributed by atoms with Crippen molar-refractivity contribution < 1.29 is 9.59 Å². The summed E-state index contributed by atoms with van der Waals surface area (Å²) in [6.07, 6.45) is 4.28. The van der Waals surface area contributed by atoms with Crippen molar-refractivity contribution in [2.24, 2.45) is 0 Å². The molecule has 0 aromatic rings. The van der Waals surface area contributed by atoms with Gasteiger partial charge in [0.2, 0.25) is 5.91 Å². The van der Waals surface area contributed by atoms with Gasteiger partial charge in [-0.25, -0.2) is 0 Å². The van der Waals surface area contributed by atoms with Crippen molar-refractivity contribution in [2.75, 3.05) is 32.4 Å². The molecular weight excluding hydrogens is 338 g/mol. The molecular formula is C14H19N3O2S3. The minimum Gasteiger partial charge on any atom is -0.365 e. The Bertz CT molecular complexity index is 545. The van der Waals surface area contributed by atoms with Crippen molar-refractivity contribution >= 4 is 51.9 Å². The molecule has 0 atom stereocenters. The van der Waals surface area contributed by atoms with Gasteiger partial charge in [0.1, 0.15) is 4.32 Å². The lowest BCUT2D eigenvalue weighted by Gasteiger charge is -2.17. The number of rotatable bonds is 5. The van der Waals surface area contributed by atoms with Gasteiger partial charge in [0.05, 0.1) is 9.93 Å². The summed E-state index contributed by atoms with van der Waals surface area (Å²) >= 11 is 8.29. The van der Waals surface area contributed by atoms with Gasteiger partial charge in [-0.2, -0.15) is 0 Å². The first-order valence-electron chi connectivity index (χ1n) is 7.10. The number of carbonyl (C=O) groups excluding carboxylic acids is 2. The van der Waals surface area contributed by atoms with E-state index in [0.29, 0.717) is 28.7 Å². The fraction of sp³-hybridized carbons (Fsp3) is 0.500. The molecule has 0 aliphatic carbocycles. The van der Waals surface area contributed by atoms with E-state index in [-0.39, 0.29) is 11.8 Å². The van der Waals surface area contributed by atoms with Gasteiger partial charge in [-0.1, -0.05) is 24.0 Å². The van der Waals surface area contributed by atoms with Crippen LogP contribution in [-0.4, -0.2) is 58.4 Å². The van der Waals surface area contributed by atoms with Gasteiger partial charge >= 0.3 is 0 Å². The standard InChI is InChI=1S/C14H19N3O2S3/c1-3-17-13(19)10(22-14(17)20)4-5-12-16(8-9-21-12)7-6-11(18)15-2/h4-5H,3,6-9H2,1-2H3,(H,15,18). The topological polar surface area (TPSA) is 52.7 Å². The molecule has 2 rings (SSSR count). The summed E-state index contributed by atoms with van der Waals surface area (Å²) in [4.78, 5) is 27.9. The van der Waals surface area contributed by atoms with Crippen molar-refractivity contribution in [1.82, 2.24) is 15.1 Å². The van der Waals surface area contributed by atoms with Gasteiger partial charge in [0.15, 0.2) is 0 Å². The van der Waals surface area contributed by atoms with E-state index in [4.69, 9.17) is 12.2 Å². The highest BCUT2D eigenvalue weighted by Gasteiger charge is 2.30.